The van der Waals surface area contributed by atoms with E-state index < -0.39 is 113 Å². The summed E-state index contributed by atoms with van der Waals surface area (Å²) in [4.78, 5) is 0. The standard InChI is InChI=1S/C32H4F12N8/c33-29(34,35)25-15(7-47)3-19(27(23(25)11-51)31(39,40)41)21(9-49)17-1-13(5-45)18(2-14(17)6-46)22(10-50)20-4-16(8-48)26(30(36,37)38)24(12-52)28(20)32(42,43)44/h1-4H/b21-17+,22-18+. The first-order valence-corrected chi connectivity index (χ1v) is 12.9. The monoisotopic (exact) mass is 728 g/mol. The van der Waals surface area contributed by atoms with Crippen LogP contribution in [0.2, 0.25) is 0 Å². The van der Waals surface area contributed by atoms with Crippen LogP contribution in [0.25, 0.3) is 11.1 Å². The number of benzene rings is 3. The molecule has 52 heavy (non-hydrogen) atoms. The lowest BCUT2D eigenvalue weighted by Crippen LogP contribution is -2.25. The number of alkyl halides is 12. The van der Waals surface area contributed by atoms with Gasteiger partial charge < -0.3 is 0 Å². The van der Waals surface area contributed by atoms with E-state index in [-0.39, 0.29) is 12.1 Å². The van der Waals surface area contributed by atoms with Gasteiger partial charge in [-0.25, -0.2) is 0 Å². The van der Waals surface area contributed by atoms with Crippen LogP contribution in [-0.4, -0.2) is 0 Å². The average Bonchev–Trinajstić information content (AvgIpc) is 3.05. The molecule has 0 aromatic heterocycles. The Kier molecular flexibility index (Phi) is 10.0. The van der Waals surface area contributed by atoms with Gasteiger partial charge in [-0.1, -0.05) is 0 Å². The summed E-state index contributed by atoms with van der Waals surface area (Å²) in [6.45, 7) is 0. The molecule has 0 fully saturated rings. The van der Waals surface area contributed by atoms with Crippen molar-refractivity contribution < 1.29 is 52.7 Å². The Morgan fingerprint density at radius 2 is 0.635 bits per heavy atom. The highest BCUT2D eigenvalue weighted by Gasteiger charge is 2.47. The minimum Gasteiger partial charge on any atom is -0.192 e. The highest BCUT2D eigenvalue weighted by atomic mass is 19.4. The van der Waals surface area contributed by atoms with Gasteiger partial charge in [0.15, 0.2) is 0 Å². The Bertz CT molecular complexity index is 2370. The molecule has 0 heterocycles. The zero-order valence-corrected chi connectivity index (χ0v) is 24.4. The van der Waals surface area contributed by atoms with Gasteiger partial charge in [0.1, 0.15) is 24.3 Å². The highest BCUT2D eigenvalue weighted by Crippen LogP contribution is 2.46. The van der Waals surface area contributed by atoms with E-state index in [1.54, 1.807) is 0 Å². The summed E-state index contributed by atoms with van der Waals surface area (Å²) in [6, 6.07) is 8.72. The van der Waals surface area contributed by atoms with Crippen LogP contribution in [0.3, 0.4) is 0 Å². The van der Waals surface area contributed by atoms with Gasteiger partial charge in [0.25, 0.3) is 0 Å². The molecule has 0 saturated heterocycles. The predicted molar refractivity (Wildman–Crippen MR) is 143 cm³/mol. The van der Waals surface area contributed by atoms with E-state index in [1.165, 1.54) is 12.1 Å². The van der Waals surface area contributed by atoms with Crippen LogP contribution in [0, 0.1) is 90.6 Å². The van der Waals surface area contributed by atoms with Crippen molar-refractivity contribution in [3.8, 4) is 48.6 Å². The zero-order chi connectivity index (χ0) is 39.7. The summed E-state index contributed by atoms with van der Waals surface area (Å²) in [5.41, 5.74) is -25.2. The van der Waals surface area contributed by atoms with Gasteiger partial charge in [-0.3, -0.25) is 0 Å². The van der Waals surface area contributed by atoms with E-state index >= 15 is 0 Å². The molecule has 0 N–H and O–H groups in total. The Hall–Kier alpha value is -7.52. The average molecular weight is 728 g/mol. The van der Waals surface area contributed by atoms with Crippen molar-refractivity contribution in [1.29, 1.82) is 42.1 Å². The third-order valence-electron chi connectivity index (χ3n) is 6.95. The Labute approximate surface area is 280 Å². The fourth-order valence-electron chi connectivity index (χ4n) is 5.07. The number of hydrogen-bond acceptors (Lipinski definition) is 8. The minimum absolute atomic E-state index is 0.0797. The number of hydrogen-bond donors (Lipinski definition) is 0. The molecule has 0 aliphatic heterocycles. The van der Waals surface area contributed by atoms with Gasteiger partial charge >= 0.3 is 24.7 Å². The maximum atomic E-state index is 14.3. The van der Waals surface area contributed by atoms with Gasteiger partial charge in [0.05, 0.1) is 91.1 Å². The van der Waals surface area contributed by atoms with Gasteiger partial charge in [0, 0.05) is 21.6 Å². The molecule has 0 amide bonds. The third kappa shape index (κ3) is 6.70. The lowest BCUT2D eigenvalue weighted by molar-refractivity contribution is -0.145. The van der Waals surface area contributed by atoms with Crippen molar-refractivity contribution in [2.45, 2.75) is 24.7 Å². The second-order valence-corrected chi connectivity index (χ2v) is 9.77. The van der Waals surface area contributed by atoms with Crippen molar-refractivity contribution in [3.63, 3.8) is 0 Å². The number of rotatable bonds is 2. The van der Waals surface area contributed by atoms with E-state index in [9.17, 15) is 94.8 Å². The molecule has 0 saturated carbocycles. The summed E-state index contributed by atoms with van der Waals surface area (Å²) in [5.74, 6) is 0. The van der Waals surface area contributed by atoms with Crippen molar-refractivity contribution in [2.75, 3.05) is 0 Å². The fraction of sp³-hybridized carbons (Fsp3) is 0.125. The maximum absolute atomic E-state index is 14.3. The van der Waals surface area contributed by atoms with Crippen molar-refractivity contribution >= 4 is 11.1 Å². The number of halogens is 12. The second kappa shape index (κ2) is 13.4. The number of nitrogens with zero attached hydrogens (tertiary/aromatic N) is 8. The molecule has 3 aromatic carbocycles. The molecule has 0 spiro atoms. The maximum Gasteiger partial charge on any atom is 0.418 e. The molecule has 0 radical (unpaired) electrons. The van der Waals surface area contributed by atoms with Gasteiger partial charge in [-0.2, -0.15) is 94.8 Å². The topological polar surface area (TPSA) is 190 Å². The highest BCUT2D eigenvalue weighted by molar-refractivity contribution is 5.85. The SMILES string of the molecule is N#C/C(c1cc(C#N)c(C(F)(F)F)c(C#N)c1C(F)(F)F)=c1/cc(C#N)/c(=C(\C#N)c2cc(C#N)c(C(F)(F)F)c(C#N)c2C(F)(F)F)cc1C#N. The van der Waals surface area contributed by atoms with Crippen molar-refractivity contribution in [2.24, 2.45) is 0 Å². The van der Waals surface area contributed by atoms with E-state index in [1.807, 2.05) is 0 Å². The van der Waals surface area contributed by atoms with Crippen molar-refractivity contribution in [1.82, 2.24) is 0 Å². The molecular weight excluding hydrogens is 724 g/mol. The molecule has 20 heteroatoms. The number of nitriles is 8. The van der Waals surface area contributed by atoms with E-state index in [2.05, 4.69) is 0 Å². The normalized spacial score (nSPS) is 12.7. The summed E-state index contributed by atoms with van der Waals surface area (Å²) in [5, 5.41) is 74.9. The fourth-order valence-corrected chi connectivity index (χ4v) is 5.07. The molecule has 256 valence electrons. The summed E-state index contributed by atoms with van der Waals surface area (Å²) in [6.07, 6.45) is -23.2. The van der Waals surface area contributed by atoms with Gasteiger partial charge in [0.2, 0.25) is 0 Å². The van der Waals surface area contributed by atoms with Crippen LogP contribution in [0.15, 0.2) is 24.3 Å². The molecule has 0 aliphatic rings. The van der Waals surface area contributed by atoms with Gasteiger partial charge in [-0.05, 0) is 24.3 Å². The van der Waals surface area contributed by atoms with E-state index in [4.69, 9.17) is 0 Å². The smallest absolute Gasteiger partial charge is 0.192 e. The third-order valence-corrected chi connectivity index (χ3v) is 6.95. The lowest BCUT2D eigenvalue weighted by atomic mass is 9.86. The van der Waals surface area contributed by atoms with E-state index in [0.29, 0.717) is 24.3 Å². The lowest BCUT2D eigenvalue weighted by Gasteiger charge is -2.20. The minimum atomic E-state index is -5.88. The molecule has 0 atom stereocenters. The quantitative estimate of drug-likeness (QED) is 0.269. The molecule has 0 unspecified atom stereocenters. The summed E-state index contributed by atoms with van der Waals surface area (Å²) < 4.78 is 168. The van der Waals surface area contributed by atoms with E-state index in [0.717, 1.165) is 24.3 Å². The van der Waals surface area contributed by atoms with Crippen LogP contribution >= 0.6 is 0 Å². The predicted octanol–water partition coefficient (Wildman–Crippen LogP) is 6.44. The van der Waals surface area contributed by atoms with Crippen LogP contribution in [-0.2, 0) is 24.7 Å². The molecule has 8 nitrogen and oxygen atoms in total. The molecular formula is C32H4F12N8. The summed E-state index contributed by atoms with van der Waals surface area (Å²) >= 11 is 0. The largest absolute Gasteiger partial charge is 0.418 e. The van der Waals surface area contributed by atoms with Crippen LogP contribution in [0.1, 0.15) is 66.8 Å². The molecule has 3 aromatic rings. The zero-order valence-electron chi connectivity index (χ0n) is 24.4. The first kappa shape index (κ1) is 38.9. The molecule has 0 aliphatic carbocycles. The Morgan fingerprint density at radius 1 is 0.365 bits per heavy atom. The first-order valence-electron chi connectivity index (χ1n) is 12.9. The van der Waals surface area contributed by atoms with Gasteiger partial charge in [-0.15, -0.1) is 0 Å². The Balaban J connectivity index is 2.82. The van der Waals surface area contributed by atoms with Crippen LogP contribution in [0.4, 0.5) is 52.7 Å². The Morgan fingerprint density at radius 3 is 0.827 bits per heavy atom. The first-order chi connectivity index (χ1) is 24.0. The van der Waals surface area contributed by atoms with Crippen LogP contribution < -0.4 is 10.4 Å². The summed E-state index contributed by atoms with van der Waals surface area (Å²) in [7, 11) is 0. The second-order valence-electron chi connectivity index (χ2n) is 9.77. The van der Waals surface area contributed by atoms with Crippen molar-refractivity contribution in [3.05, 3.63) is 101 Å². The molecule has 0 bridgehead atoms. The molecule has 3 rings (SSSR count). The van der Waals surface area contributed by atoms with Crippen LogP contribution in [0.5, 0.6) is 0 Å².